The van der Waals surface area contributed by atoms with Crippen LogP contribution in [0.5, 0.6) is 0 Å². The Balaban J connectivity index is 0. The van der Waals surface area contributed by atoms with E-state index < -0.39 is 0 Å². The van der Waals surface area contributed by atoms with Gasteiger partial charge in [0.1, 0.15) is 0 Å². The van der Waals surface area contributed by atoms with Crippen molar-refractivity contribution in [3.63, 3.8) is 0 Å². The molecule has 0 unspecified atom stereocenters. The van der Waals surface area contributed by atoms with E-state index in [0.29, 0.717) is 0 Å². The zero-order chi connectivity index (χ0) is 0. The Labute approximate surface area is 87.8 Å². The van der Waals surface area contributed by atoms with Gasteiger partial charge < -0.3 is 29.9 Å². The monoisotopic (exact) mass is 133 g/mol. The van der Waals surface area contributed by atoms with Crippen LogP contribution in [-0.2, 0) is 13.5 Å². The van der Waals surface area contributed by atoms with Crippen LogP contribution in [0.15, 0.2) is 0 Å². The summed E-state index contributed by atoms with van der Waals surface area (Å²) in [7, 11) is 0. The maximum absolute atomic E-state index is 0. The predicted molar refractivity (Wildman–Crippen MR) is 19.6 cm³/mol. The van der Waals surface area contributed by atoms with E-state index in [1.54, 1.807) is 0 Å². The van der Waals surface area contributed by atoms with Crippen LogP contribution < -0.4 is 59.1 Å². The first-order valence-electron chi connectivity index (χ1n) is 0. The molecule has 0 aliphatic rings. The number of thiol groups is 1. The molecule has 0 radical (unpaired) electrons. The van der Waals surface area contributed by atoms with Gasteiger partial charge in [-0.1, -0.05) is 0 Å². The molecule has 0 spiro atoms. The Kier molecular flexibility index (Phi) is 814. The average Bonchev–Trinajstić information content (AvgIpc) is 0. The van der Waals surface area contributed by atoms with Crippen molar-refractivity contribution in [2.45, 2.75) is 0 Å². The van der Waals surface area contributed by atoms with Gasteiger partial charge in [0.2, 0.25) is 0 Å². The summed E-state index contributed by atoms with van der Waals surface area (Å²) in [6.45, 7) is 0. The summed E-state index contributed by atoms with van der Waals surface area (Å²) < 4.78 is 0. The van der Waals surface area contributed by atoms with Crippen molar-refractivity contribution in [2.75, 3.05) is 0 Å². The van der Waals surface area contributed by atoms with Gasteiger partial charge in [0.25, 0.3) is 0 Å². The van der Waals surface area contributed by atoms with E-state index in [2.05, 4.69) is 0 Å². The Bertz CT molecular complexity index is 8.75. The van der Waals surface area contributed by atoms with Gasteiger partial charge in [0.05, 0.1) is 0 Å². The molecule has 32 valence electrons. The summed E-state index contributed by atoms with van der Waals surface area (Å²) >= 11 is 0. The van der Waals surface area contributed by atoms with Crippen molar-refractivity contribution in [1.29, 1.82) is 0 Å². The van der Waals surface area contributed by atoms with Gasteiger partial charge in [-0.2, -0.15) is 0 Å². The Morgan fingerprint density at radius 2 is 0.500 bits per heavy atom. The Morgan fingerprint density at radius 1 is 0.500 bits per heavy atom. The molecule has 0 atom stereocenters. The molecule has 0 amide bonds. The molecule has 0 aliphatic heterocycles. The third-order valence-electron chi connectivity index (χ3n) is 0. The van der Waals surface area contributed by atoms with Crippen molar-refractivity contribution in [1.82, 2.24) is 0 Å². The number of rotatable bonds is 0. The maximum Gasteiger partial charge on any atom is 1.00 e. The van der Waals surface area contributed by atoms with Gasteiger partial charge in [-0.05, 0) is 0 Å². The first kappa shape index (κ1) is 86.5. The fourth-order valence-electron chi connectivity index (χ4n) is 0. The van der Waals surface area contributed by atoms with Crippen molar-refractivity contribution in [3.8, 4) is 0 Å². The molecule has 0 rings (SSSR count). The number of hydrogen-bond donors (Lipinski definition) is 0. The average molecular weight is 133 g/mol. The molecule has 0 aromatic rings. The van der Waals surface area contributed by atoms with Gasteiger partial charge in [0, 0.05) is 0 Å². The maximum atomic E-state index is 0. The molecular weight excluding hydrogens is 126 g/mol. The molecule has 0 fully saturated rings. The first-order valence-corrected chi connectivity index (χ1v) is 0. The minimum atomic E-state index is 0. The Morgan fingerprint density at radius 3 is 0.500 bits per heavy atom. The SMILES string of the molecule is O.O.O.[Na+].[Na+].[SH-]. The first-order chi connectivity index (χ1) is 0. The molecule has 0 aromatic carbocycles. The molecular formula is H7Na2O3S+. The van der Waals surface area contributed by atoms with E-state index in [-0.39, 0.29) is 89.0 Å². The van der Waals surface area contributed by atoms with E-state index in [1.807, 2.05) is 0 Å². The second-order valence-electron chi connectivity index (χ2n) is 0. The van der Waals surface area contributed by atoms with Crippen molar-refractivity contribution >= 4 is 13.5 Å². The van der Waals surface area contributed by atoms with E-state index >= 15 is 0 Å². The summed E-state index contributed by atoms with van der Waals surface area (Å²) in [4.78, 5) is 0. The van der Waals surface area contributed by atoms with Crippen LogP contribution in [0.4, 0.5) is 0 Å². The molecule has 0 bridgehead atoms. The Hall–Kier alpha value is 2.23. The van der Waals surface area contributed by atoms with E-state index in [0.717, 1.165) is 0 Å². The van der Waals surface area contributed by atoms with Crippen LogP contribution in [0, 0.1) is 0 Å². The third-order valence-corrected chi connectivity index (χ3v) is 0. The molecule has 6 N–H and O–H groups in total. The molecule has 0 saturated carbocycles. The molecule has 6 heteroatoms. The van der Waals surface area contributed by atoms with Crippen LogP contribution in [-0.4, -0.2) is 16.4 Å². The van der Waals surface area contributed by atoms with Gasteiger partial charge in [-0.15, -0.1) is 0 Å². The van der Waals surface area contributed by atoms with E-state index in [4.69, 9.17) is 0 Å². The van der Waals surface area contributed by atoms with Crippen LogP contribution in [0.2, 0.25) is 0 Å². The molecule has 3 nitrogen and oxygen atoms in total. The third kappa shape index (κ3) is 34.3. The fraction of sp³-hybridized carbons (Fsp3) is 0. The van der Waals surface area contributed by atoms with E-state index in [1.165, 1.54) is 0 Å². The molecule has 0 aliphatic carbocycles. The zero-order valence-electron chi connectivity index (χ0n) is 3.95. The molecule has 6 heavy (non-hydrogen) atoms. The summed E-state index contributed by atoms with van der Waals surface area (Å²) in [6.07, 6.45) is 0. The minimum Gasteiger partial charge on any atom is -0.813 e. The standard InChI is InChI=1S/2Na.3H2O.H2S/h;;4*1H2/q2*+1;;;;/p-1. The van der Waals surface area contributed by atoms with Crippen molar-refractivity contribution in [2.24, 2.45) is 0 Å². The summed E-state index contributed by atoms with van der Waals surface area (Å²) in [5, 5.41) is 0. The van der Waals surface area contributed by atoms with Crippen LogP contribution >= 0.6 is 0 Å². The van der Waals surface area contributed by atoms with Crippen molar-refractivity contribution < 1.29 is 75.5 Å². The fourth-order valence-corrected chi connectivity index (χ4v) is 0. The molecule has 0 heterocycles. The normalized spacial score (nSPS) is 0. The van der Waals surface area contributed by atoms with Crippen molar-refractivity contribution in [3.05, 3.63) is 0 Å². The summed E-state index contributed by atoms with van der Waals surface area (Å²) in [5.74, 6) is 0. The summed E-state index contributed by atoms with van der Waals surface area (Å²) in [5.41, 5.74) is 0. The van der Waals surface area contributed by atoms with Crippen LogP contribution in [0.1, 0.15) is 0 Å². The smallest absolute Gasteiger partial charge is 0.813 e. The molecule has 0 saturated heterocycles. The largest absolute Gasteiger partial charge is 1.00 e. The minimum absolute atomic E-state index is 0. The van der Waals surface area contributed by atoms with Crippen LogP contribution in [0.3, 0.4) is 0 Å². The predicted octanol–water partition coefficient (Wildman–Crippen LogP) is -8.74. The van der Waals surface area contributed by atoms with Gasteiger partial charge in [-0.3, -0.25) is 0 Å². The quantitative estimate of drug-likeness (QED) is 0.183. The molecule has 0 aromatic heterocycles. The second kappa shape index (κ2) is 56.4. The number of hydrogen-bond acceptors (Lipinski definition) is 1. The van der Waals surface area contributed by atoms with Gasteiger partial charge in [-0.25, -0.2) is 0 Å². The summed E-state index contributed by atoms with van der Waals surface area (Å²) in [6, 6.07) is 0. The topological polar surface area (TPSA) is 94.5 Å². The van der Waals surface area contributed by atoms with Crippen LogP contribution in [0.25, 0.3) is 0 Å². The van der Waals surface area contributed by atoms with Gasteiger partial charge in [0.15, 0.2) is 0 Å². The zero-order valence-corrected chi connectivity index (χ0v) is 8.84. The van der Waals surface area contributed by atoms with E-state index in [9.17, 15) is 0 Å². The second-order valence-corrected chi connectivity index (χ2v) is 0. The van der Waals surface area contributed by atoms with Gasteiger partial charge >= 0.3 is 59.1 Å².